The van der Waals surface area contributed by atoms with Gasteiger partial charge in [0.05, 0.1) is 10.6 Å². The zero-order valence-corrected chi connectivity index (χ0v) is 14.9. The Morgan fingerprint density at radius 2 is 1.92 bits per heavy atom. The number of hydrogen-bond acceptors (Lipinski definition) is 4. The molecule has 2 aromatic rings. The summed E-state index contributed by atoms with van der Waals surface area (Å²) in [6, 6.07) is 16.6. The van der Waals surface area contributed by atoms with Crippen molar-refractivity contribution in [3.63, 3.8) is 0 Å². The van der Waals surface area contributed by atoms with Crippen LogP contribution in [0.4, 0.5) is 0 Å². The van der Waals surface area contributed by atoms with Crippen LogP contribution < -0.4 is 5.32 Å². The molecule has 1 atom stereocenters. The Labute approximate surface area is 148 Å². The molecule has 0 spiro atoms. The maximum Gasteiger partial charge on any atom is 0.179 e. The summed E-state index contributed by atoms with van der Waals surface area (Å²) in [5.41, 5.74) is 1.12. The fourth-order valence-corrected chi connectivity index (χ4v) is 4.52. The van der Waals surface area contributed by atoms with Crippen LogP contribution in [-0.4, -0.2) is 45.2 Å². The molecule has 2 aromatic carbocycles. The van der Waals surface area contributed by atoms with Crippen LogP contribution in [0.1, 0.15) is 11.6 Å². The minimum atomic E-state index is -3.26. The molecule has 128 valence electrons. The average Bonchev–Trinajstić information content (AvgIpc) is 2.61. The molecular formula is C18H21ClN2O2S. The molecular weight excluding hydrogens is 344 g/mol. The first-order chi connectivity index (χ1) is 11.6. The largest absolute Gasteiger partial charge is 0.314 e. The summed E-state index contributed by atoms with van der Waals surface area (Å²) < 4.78 is 25.0. The lowest BCUT2D eigenvalue weighted by atomic mass is 10.0. The van der Waals surface area contributed by atoms with Crippen molar-refractivity contribution in [2.24, 2.45) is 0 Å². The Bertz CT molecular complexity index is 781. The molecule has 0 amide bonds. The molecule has 0 radical (unpaired) electrons. The molecule has 24 heavy (non-hydrogen) atoms. The highest BCUT2D eigenvalue weighted by molar-refractivity contribution is 7.91. The summed E-state index contributed by atoms with van der Waals surface area (Å²) >= 11 is 6.11. The standard InChI is InChI=1S/C18H21ClN2O2S/c19-16-6-4-5-15(13-16)18-14-20-9-10-21(18)11-12-24(22,23)17-7-2-1-3-8-17/h1-8,13,18,20H,9-12,14H2. The van der Waals surface area contributed by atoms with E-state index >= 15 is 0 Å². The lowest BCUT2D eigenvalue weighted by molar-refractivity contribution is 0.172. The highest BCUT2D eigenvalue weighted by Crippen LogP contribution is 2.25. The number of rotatable bonds is 5. The highest BCUT2D eigenvalue weighted by atomic mass is 35.5. The second kappa shape index (κ2) is 7.66. The summed E-state index contributed by atoms with van der Waals surface area (Å²) in [6.45, 7) is 2.99. The van der Waals surface area contributed by atoms with E-state index in [1.165, 1.54) is 0 Å². The van der Waals surface area contributed by atoms with Gasteiger partial charge in [-0.15, -0.1) is 0 Å². The molecule has 4 nitrogen and oxygen atoms in total. The molecule has 0 aliphatic carbocycles. The van der Waals surface area contributed by atoms with Gasteiger partial charge in [-0.3, -0.25) is 4.90 Å². The van der Waals surface area contributed by atoms with E-state index in [1.807, 2.05) is 30.3 Å². The fraction of sp³-hybridized carbons (Fsp3) is 0.333. The van der Waals surface area contributed by atoms with Crippen LogP contribution in [0.15, 0.2) is 59.5 Å². The number of nitrogens with one attached hydrogen (secondary N) is 1. The van der Waals surface area contributed by atoms with Crippen molar-refractivity contribution in [1.29, 1.82) is 0 Å². The van der Waals surface area contributed by atoms with E-state index in [-0.39, 0.29) is 11.8 Å². The Kier molecular flexibility index (Phi) is 5.56. The van der Waals surface area contributed by atoms with Crippen LogP contribution in [0.25, 0.3) is 0 Å². The first-order valence-corrected chi connectivity index (χ1v) is 10.1. The minimum absolute atomic E-state index is 0.119. The average molecular weight is 365 g/mol. The van der Waals surface area contributed by atoms with Crippen LogP contribution in [0.5, 0.6) is 0 Å². The number of sulfone groups is 1. The zero-order valence-electron chi connectivity index (χ0n) is 13.4. The van der Waals surface area contributed by atoms with E-state index in [9.17, 15) is 8.42 Å². The van der Waals surface area contributed by atoms with E-state index in [2.05, 4.69) is 10.2 Å². The van der Waals surface area contributed by atoms with Crippen molar-refractivity contribution >= 4 is 21.4 Å². The smallest absolute Gasteiger partial charge is 0.179 e. The molecule has 0 bridgehead atoms. The molecule has 3 rings (SSSR count). The third-order valence-corrected chi connectivity index (χ3v) is 6.28. The highest BCUT2D eigenvalue weighted by Gasteiger charge is 2.25. The van der Waals surface area contributed by atoms with Gasteiger partial charge in [-0.1, -0.05) is 41.9 Å². The molecule has 1 saturated heterocycles. The third-order valence-electron chi connectivity index (χ3n) is 4.34. The predicted molar refractivity (Wildman–Crippen MR) is 97.1 cm³/mol. The molecule has 0 saturated carbocycles. The topological polar surface area (TPSA) is 49.4 Å². The van der Waals surface area contributed by atoms with Gasteiger partial charge in [-0.2, -0.15) is 0 Å². The normalized spacial score (nSPS) is 19.3. The summed E-state index contributed by atoms with van der Waals surface area (Å²) in [4.78, 5) is 2.61. The number of benzene rings is 2. The van der Waals surface area contributed by atoms with Crippen molar-refractivity contribution in [2.45, 2.75) is 10.9 Å². The van der Waals surface area contributed by atoms with Gasteiger partial charge in [0.1, 0.15) is 0 Å². The van der Waals surface area contributed by atoms with Crippen LogP contribution in [-0.2, 0) is 9.84 Å². The third kappa shape index (κ3) is 4.16. The fourth-order valence-electron chi connectivity index (χ4n) is 3.04. The summed E-state index contributed by atoms with van der Waals surface area (Å²) in [5.74, 6) is 0.119. The van der Waals surface area contributed by atoms with Gasteiger partial charge < -0.3 is 5.32 Å². The van der Waals surface area contributed by atoms with Gasteiger partial charge >= 0.3 is 0 Å². The predicted octanol–water partition coefficient (Wildman–Crippen LogP) is 2.76. The van der Waals surface area contributed by atoms with Gasteiger partial charge in [-0.25, -0.2) is 8.42 Å². The first-order valence-electron chi connectivity index (χ1n) is 8.04. The Morgan fingerprint density at radius 1 is 1.12 bits per heavy atom. The molecule has 1 N–H and O–H groups in total. The minimum Gasteiger partial charge on any atom is -0.314 e. The quantitative estimate of drug-likeness (QED) is 0.886. The van der Waals surface area contributed by atoms with Crippen LogP contribution in [0, 0.1) is 0 Å². The van der Waals surface area contributed by atoms with Crippen molar-refractivity contribution < 1.29 is 8.42 Å². The van der Waals surface area contributed by atoms with E-state index in [0.29, 0.717) is 16.5 Å². The Hall–Kier alpha value is -1.40. The molecule has 1 fully saturated rings. The van der Waals surface area contributed by atoms with Crippen LogP contribution in [0.3, 0.4) is 0 Å². The van der Waals surface area contributed by atoms with Gasteiger partial charge in [0.25, 0.3) is 0 Å². The van der Waals surface area contributed by atoms with Crippen molar-refractivity contribution in [3.8, 4) is 0 Å². The Balaban J connectivity index is 1.73. The van der Waals surface area contributed by atoms with Crippen LogP contribution >= 0.6 is 11.6 Å². The Morgan fingerprint density at radius 3 is 2.67 bits per heavy atom. The molecule has 1 aliphatic heterocycles. The van der Waals surface area contributed by atoms with E-state index in [1.54, 1.807) is 24.3 Å². The van der Waals surface area contributed by atoms with Crippen molar-refractivity contribution in [3.05, 3.63) is 65.2 Å². The van der Waals surface area contributed by atoms with E-state index in [4.69, 9.17) is 11.6 Å². The molecule has 0 aromatic heterocycles. The van der Waals surface area contributed by atoms with Gasteiger partial charge in [0.15, 0.2) is 9.84 Å². The molecule has 1 heterocycles. The summed E-state index contributed by atoms with van der Waals surface area (Å²) in [6.07, 6.45) is 0. The van der Waals surface area contributed by atoms with E-state index in [0.717, 1.165) is 25.2 Å². The van der Waals surface area contributed by atoms with E-state index < -0.39 is 9.84 Å². The van der Waals surface area contributed by atoms with Gasteiger partial charge in [0, 0.05) is 37.2 Å². The molecule has 6 heteroatoms. The SMILES string of the molecule is O=S(=O)(CCN1CCNCC1c1cccc(Cl)c1)c1ccccc1. The maximum absolute atomic E-state index is 12.5. The van der Waals surface area contributed by atoms with Crippen molar-refractivity contribution in [1.82, 2.24) is 10.2 Å². The monoisotopic (exact) mass is 364 g/mol. The summed E-state index contributed by atoms with van der Waals surface area (Å²) in [7, 11) is -3.26. The zero-order chi connectivity index (χ0) is 17.0. The number of hydrogen-bond donors (Lipinski definition) is 1. The number of halogens is 1. The lowest BCUT2D eigenvalue weighted by Gasteiger charge is -2.36. The second-order valence-electron chi connectivity index (χ2n) is 5.94. The molecule has 1 aliphatic rings. The lowest BCUT2D eigenvalue weighted by Crippen LogP contribution is -2.47. The summed E-state index contributed by atoms with van der Waals surface area (Å²) in [5, 5.41) is 4.08. The second-order valence-corrected chi connectivity index (χ2v) is 8.49. The molecule has 1 unspecified atom stereocenters. The first kappa shape index (κ1) is 17.4. The van der Waals surface area contributed by atoms with Gasteiger partial charge in [0.2, 0.25) is 0 Å². The maximum atomic E-state index is 12.5. The number of piperazine rings is 1. The van der Waals surface area contributed by atoms with Crippen molar-refractivity contribution in [2.75, 3.05) is 31.9 Å². The number of nitrogens with zero attached hydrogens (tertiary/aromatic N) is 1. The van der Waals surface area contributed by atoms with Gasteiger partial charge in [-0.05, 0) is 29.8 Å². The van der Waals surface area contributed by atoms with Crippen LogP contribution in [0.2, 0.25) is 5.02 Å².